The predicted octanol–water partition coefficient (Wildman–Crippen LogP) is 4.40. The molecule has 1 aliphatic rings. The van der Waals surface area contributed by atoms with Crippen LogP contribution in [0.15, 0.2) is 48.9 Å². The smallest absolute Gasteiger partial charge is 0.232 e. The Morgan fingerprint density at radius 3 is 2.48 bits per heavy atom. The average Bonchev–Trinajstić information content (AvgIpc) is 2.96. The molecule has 13 heteroatoms. The van der Waals surface area contributed by atoms with Gasteiger partial charge >= 0.3 is 0 Å². The first-order valence-electron chi connectivity index (χ1n) is 13.7. The Labute approximate surface area is 245 Å². The summed E-state index contributed by atoms with van der Waals surface area (Å²) in [5.41, 5.74) is 4.44. The predicted molar refractivity (Wildman–Crippen MR) is 166 cm³/mol. The number of anilines is 6. The third kappa shape index (κ3) is 6.16. The first-order valence-corrected chi connectivity index (χ1v) is 15.6. The summed E-state index contributed by atoms with van der Waals surface area (Å²) in [6.45, 7) is 5.60. The summed E-state index contributed by atoms with van der Waals surface area (Å²) in [6, 6.07) is 9.45. The Kier molecular flexibility index (Phi) is 8.32. The van der Waals surface area contributed by atoms with E-state index in [9.17, 15) is 13.5 Å². The summed E-state index contributed by atoms with van der Waals surface area (Å²) >= 11 is 0. The molecule has 1 aliphatic heterocycles. The van der Waals surface area contributed by atoms with Gasteiger partial charge in [0.15, 0.2) is 0 Å². The largest absolute Gasteiger partial charge is 0.495 e. The molecule has 1 fully saturated rings. The fraction of sp³-hybridized carbons (Fsp3) is 0.379. The monoisotopic (exact) mass is 592 g/mol. The topological polar surface area (TPSA) is 146 Å². The number of hydrogen-bond acceptors (Lipinski definition) is 11. The molecule has 5 rings (SSSR count). The molecule has 42 heavy (non-hydrogen) atoms. The number of aliphatic hydroxyl groups excluding tert-OH is 1. The van der Waals surface area contributed by atoms with Crippen molar-refractivity contribution in [2.24, 2.45) is 0 Å². The second kappa shape index (κ2) is 11.9. The van der Waals surface area contributed by atoms with E-state index in [1.807, 2.05) is 32.0 Å². The van der Waals surface area contributed by atoms with Crippen molar-refractivity contribution in [3.05, 3.63) is 54.5 Å². The molecule has 0 bridgehead atoms. The quantitative estimate of drug-likeness (QED) is 0.254. The first kappa shape index (κ1) is 29.3. The molecule has 0 radical (unpaired) electrons. The summed E-state index contributed by atoms with van der Waals surface area (Å²) in [5, 5.41) is 16.6. The molecule has 1 saturated heterocycles. The highest BCUT2D eigenvalue weighted by molar-refractivity contribution is 7.92. The Hall–Kier alpha value is -4.23. The normalized spacial score (nSPS) is 14.3. The summed E-state index contributed by atoms with van der Waals surface area (Å²) < 4.78 is 32.0. The first-order chi connectivity index (χ1) is 20.0. The van der Waals surface area contributed by atoms with Gasteiger partial charge in [-0.1, -0.05) is 13.8 Å². The molecule has 4 aromatic rings. The lowest BCUT2D eigenvalue weighted by molar-refractivity contribution is 0.145. The number of ether oxygens (including phenoxy) is 1. The van der Waals surface area contributed by atoms with Gasteiger partial charge in [0, 0.05) is 50.0 Å². The van der Waals surface area contributed by atoms with Gasteiger partial charge in [0.1, 0.15) is 22.8 Å². The third-order valence-corrected chi connectivity index (χ3v) is 8.56. The SMILES string of the molecule is COc1ccc(N2CCC(O)CC2)cc1Nc1ncc(C(C)C)c(Nc2ccc3nccnc3c2N(C)S(C)(=O)=O)n1. The van der Waals surface area contributed by atoms with Crippen molar-refractivity contribution in [1.29, 1.82) is 0 Å². The molecule has 3 N–H and O–H groups in total. The third-order valence-electron chi connectivity index (χ3n) is 7.38. The fourth-order valence-corrected chi connectivity index (χ4v) is 5.46. The van der Waals surface area contributed by atoms with E-state index in [2.05, 4.69) is 30.5 Å². The molecule has 0 saturated carbocycles. The zero-order valence-electron chi connectivity index (χ0n) is 24.4. The van der Waals surface area contributed by atoms with Gasteiger partial charge in [0.2, 0.25) is 16.0 Å². The van der Waals surface area contributed by atoms with Crippen LogP contribution in [-0.2, 0) is 10.0 Å². The highest BCUT2D eigenvalue weighted by Crippen LogP contribution is 2.37. The number of hydrogen-bond donors (Lipinski definition) is 3. The van der Waals surface area contributed by atoms with Crippen LogP contribution in [0.4, 0.5) is 34.5 Å². The summed E-state index contributed by atoms with van der Waals surface area (Å²) in [7, 11) is -0.518. The fourth-order valence-electron chi connectivity index (χ4n) is 4.94. The second-order valence-corrected chi connectivity index (χ2v) is 12.6. The van der Waals surface area contributed by atoms with Gasteiger partial charge in [-0.15, -0.1) is 0 Å². The molecule has 0 aliphatic carbocycles. The van der Waals surface area contributed by atoms with Crippen LogP contribution in [0.3, 0.4) is 0 Å². The number of methoxy groups -OCH3 is 1. The molecular formula is C29H36N8O4S. The minimum atomic E-state index is -3.61. The average molecular weight is 593 g/mol. The summed E-state index contributed by atoms with van der Waals surface area (Å²) in [4.78, 5) is 20.4. The number of piperidine rings is 1. The molecule has 0 atom stereocenters. The maximum absolute atomic E-state index is 12.6. The van der Waals surface area contributed by atoms with Crippen molar-refractivity contribution >= 4 is 55.6 Å². The van der Waals surface area contributed by atoms with E-state index in [1.54, 1.807) is 31.6 Å². The number of benzene rings is 2. The van der Waals surface area contributed by atoms with Crippen LogP contribution >= 0.6 is 0 Å². The lowest BCUT2D eigenvalue weighted by atomic mass is 10.1. The van der Waals surface area contributed by atoms with Gasteiger partial charge in [-0.25, -0.2) is 13.4 Å². The van der Waals surface area contributed by atoms with E-state index in [0.717, 1.165) is 43.4 Å². The summed E-state index contributed by atoms with van der Waals surface area (Å²) in [6.07, 6.45) is 7.18. The highest BCUT2D eigenvalue weighted by atomic mass is 32.2. The molecule has 3 heterocycles. The molecular weight excluding hydrogens is 556 g/mol. The Balaban J connectivity index is 1.53. The molecule has 2 aromatic carbocycles. The van der Waals surface area contributed by atoms with Crippen molar-refractivity contribution in [1.82, 2.24) is 19.9 Å². The molecule has 12 nitrogen and oxygen atoms in total. The van der Waals surface area contributed by atoms with Gasteiger partial charge in [-0.2, -0.15) is 4.98 Å². The van der Waals surface area contributed by atoms with E-state index < -0.39 is 10.0 Å². The van der Waals surface area contributed by atoms with Crippen molar-refractivity contribution in [3.8, 4) is 5.75 Å². The molecule has 222 valence electrons. The lowest BCUT2D eigenvalue weighted by Gasteiger charge is -2.32. The van der Waals surface area contributed by atoms with Crippen LogP contribution in [-0.4, -0.2) is 73.1 Å². The minimum Gasteiger partial charge on any atom is -0.495 e. The number of rotatable bonds is 9. The van der Waals surface area contributed by atoms with E-state index >= 15 is 0 Å². The molecule has 2 aromatic heterocycles. The van der Waals surface area contributed by atoms with Crippen molar-refractivity contribution < 1.29 is 18.3 Å². The van der Waals surface area contributed by atoms with Crippen molar-refractivity contribution in [2.45, 2.75) is 38.7 Å². The molecule has 0 unspecified atom stereocenters. The van der Waals surface area contributed by atoms with E-state index in [1.165, 1.54) is 17.5 Å². The summed E-state index contributed by atoms with van der Waals surface area (Å²) in [5.74, 6) is 1.57. The van der Waals surface area contributed by atoms with Crippen molar-refractivity contribution in [3.63, 3.8) is 0 Å². The van der Waals surface area contributed by atoms with Crippen LogP contribution in [0, 0.1) is 0 Å². The lowest BCUT2D eigenvalue weighted by Crippen LogP contribution is -2.35. The number of sulfonamides is 1. The van der Waals surface area contributed by atoms with E-state index in [-0.39, 0.29) is 12.0 Å². The number of aliphatic hydroxyl groups is 1. The number of aromatic nitrogens is 4. The molecule has 0 amide bonds. The van der Waals surface area contributed by atoms with Crippen molar-refractivity contribution in [2.75, 3.05) is 53.3 Å². The van der Waals surface area contributed by atoms with Crippen LogP contribution in [0.1, 0.15) is 38.2 Å². The zero-order chi connectivity index (χ0) is 30.0. The standard InChI is InChI=1S/C29H36N8O4S/c1-18(2)21-17-32-29(34-24-16-19(6-9-25(24)41-4)37-14-10-20(38)11-15-37)35-28(21)33-23-8-7-22-26(31-13-12-30-22)27(23)36(3)42(5,39)40/h6-9,12-13,16-18,20,38H,10-11,14-15H2,1-5H3,(H2,32,33,34,35). The van der Waals surface area contributed by atoms with Gasteiger partial charge in [-0.05, 0) is 49.1 Å². The number of nitrogens with zero attached hydrogens (tertiary/aromatic N) is 6. The van der Waals surface area contributed by atoms with Crippen LogP contribution < -0.4 is 24.6 Å². The highest BCUT2D eigenvalue weighted by Gasteiger charge is 2.23. The van der Waals surface area contributed by atoms with Gasteiger partial charge in [0.25, 0.3) is 0 Å². The van der Waals surface area contributed by atoms with Crippen LogP contribution in [0.25, 0.3) is 11.0 Å². The van der Waals surface area contributed by atoms with Gasteiger partial charge < -0.3 is 25.4 Å². The number of fused-ring (bicyclic) bond motifs is 1. The van der Waals surface area contributed by atoms with Gasteiger partial charge in [0.05, 0.1) is 36.4 Å². The minimum absolute atomic E-state index is 0.0743. The van der Waals surface area contributed by atoms with E-state index in [0.29, 0.717) is 45.6 Å². The second-order valence-electron chi connectivity index (χ2n) is 10.6. The Morgan fingerprint density at radius 2 is 1.79 bits per heavy atom. The van der Waals surface area contributed by atoms with Crippen LogP contribution in [0.5, 0.6) is 5.75 Å². The van der Waals surface area contributed by atoms with Crippen LogP contribution in [0.2, 0.25) is 0 Å². The van der Waals surface area contributed by atoms with E-state index in [4.69, 9.17) is 9.72 Å². The molecule has 0 spiro atoms. The maximum Gasteiger partial charge on any atom is 0.232 e. The Morgan fingerprint density at radius 1 is 1.05 bits per heavy atom. The maximum atomic E-state index is 12.6. The Bertz CT molecular complexity index is 1690. The zero-order valence-corrected chi connectivity index (χ0v) is 25.2. The van der Waals surface area contributed by atoms with Gasteiger partial charge in [-0.3, -0.25) is 14.3 Å². The number of nitrogens with one attached hydrogen (secondary N) is 2.